The lowest BCUT2D eigenvalue weighted by molar-refractivity contribution is -0.136. The SMILES string of the molecule is O=C(O)CNNC(=O)c1ccccc1. The average Bonchev–Trinajstić information content (AvgIpc) is 2.18. The third-order valence-electron chi connectivity index (χ3n) is 1.48. The van der Waals surface area contributed by atoms with Gasteiger partial charge in [0.2, 0.25) is 0 Å². The second-order valence-electron chi connectivity index (χ2n) is 2.57. The van der Waals surface area contributed by atoms with Crippen molar-refractivity contribution in [2.75, 3.05) is 6.54 Å². The molecule has 0 aliphatic rings. The highest BCUT2D eigenvalue weighted by Gasteiger charge is 2.03. The number of carbonyl (C=O) groups excluding carboxylic acids is 1. The molecule has 0 spiro atoms. The normalized spacial score (nSPS) is 9.43. The van der Waals surface area contributed by atoms with Crippen molar-refractivity contribution in [2.45, 2.75) is 0 Å². The van der Waals surface area contributed by atoms with Crippen LogP contribution in [-0.4, -0.2) is 23.5 Å². The monoisotopic (exact) mass is 194 g/mol. The van der Waals surface area contributed by atoms with Gasteiger partial charge in [-0.15, -0.1) is 0 Å². The Morgan fingerprint density at radius 1 is 1.21 bits per heavy atom. The molecule has 0 atom stereocenters. The van der Waals surface area contributed by atoms with Gasteiger partial charge >= 0.3 is 5.97 Å². The molecular formula is C9H10N2O3. The van der Waals surface area contributed by atoms with Crippen LogP contribution in [0.4, 0.5) is 0 Å². The predicted octanol–water partition coefficient (Wildman–Crippen LogP) is 0.00560. The Kier molecular flexibility index (Phi) is 3.63. The van der Waals surface area contributed by atoms with Crippen LogP contribution in [0.1, 0.15) is 10.4 Å². The molecule has 0 heterocycles. The van der Waals surface area contributed by atoms with Crippen molar-refractivity contribution in [1.29, 1.82) is 0 Å². The lowest BCUT2D eigenvalue weighted by Crippen LogP contribution is -2.40. The van der Waals surface area contributed by atoms with Gasteiger partial charge in [-0.25, -0.2) is 5.43 Å². The first-order valence-corrected chi connectivity index (χ1v) is 4.00. The molecule has 3 N–H and O–H groups in total. The Labute approximate surface area is 80.7 Å². The van der Waals surface area contributed by atoms with E-state index >= 15 is 0 Å². The average molecular weight is 194 g/mol. The molecule has 0 aliphatic heterocycles. The number of hydrogen-bond acceptors (Lipinski definition) is 3. The van der Waals surface area contributed by atoms with E-state index in [2.05, 4.69) is 10.9 Å². The summed E-state index contributed by atoms with van der Waals surface area (Å²) >= 11 is 0. The molecule has 5 nitrogen and oxygen atoms in total. The minimum absolute atomic E-state index is 0.307. The first-order chi connectivity index (χ1) is 6.70. The summed E-state index contributed by atoms with van der Waals surface area (Å²) in [6.45, 7) is -0.307. The van der Waals surface area contributed by atoms with Crippen LogP contribution in [0.25, 0.3) is 0 Å². The fraction of sp³-hybridized carbons (Fsp3) is 0.111. The molecule has 0 aliphatic carbocycles. The summed E-state index contributed by atoms with van der Waals surface area (Å²) in [4.78, 5) is 21.4. The topological polar surface area (TPSA) is 78.4 Å². The van der Waals surface area contributed by atoms with E-state index in [1.165, 1.54) is 0 Å². The molecule has 5 heteroatoms. The van der Waals surface area contributed by atoms with Gasteiger partial charge in [0.1, 0.15) is 6.54 Å². The van der Waals surface area contributed by atoms with Crippen molar-refractivity contribution < 1.29 is 14.7 Å². The Balaban J connectivity index is 2.40. The van der Waals surface area contributed by atoms with Crippen LogP contribution < -0.4 is 10.9 Å². The van der Waals surface area contributed by atoms with Gasteiger partial charge < -0.3 is 5.11 Å². The van der Waals surface area contributed by atoms with Crippen LogP contribution in [0.3, 0.4) is 0 Å². The number of aliphatic carboxylic acids is 1. The highest BCUT2D eigenvalue weighted by atomic mass is 16.4. The summed E-state index contributed by atoms with van der Waals surface area (Å²) < 4.78 is 0. The smallest absolute Gasteiger partial charge is 0.319 e. The minimum atomic E-state index is -1.03. The van der Waals surface area contributed by atoms with Crippen LogP contribution in [0.2, 0.25) is 0 Å². The molecule has 1 rings (SSSR count). The maximum Gasteiger partial charge on any atom is 0.319 e. The largest absolute Gasteiger partial charge is 0.480 e. The van der Waals surface area contributed by atoms with Crippen molar-refractivity contribution in [2.24, 2.45) is 0 Å². The third kappa shape index (κ3) is 3.24. The van der Waals surface area contributed by atoms with Crippen LogP contribution in [0, 0.1) is 0 Å². The summed E-state index contributed by atoms with van der Waals surface area (Å²) in [6, 6.07) is 8.52. The summed E-state index contributed by atoms with van der Waals surface area (Å²) in [5, 5.41) is 8.28. The standard InChI is InChI=1S/C9H10N2O3/c12-8(13)6-10-11-9(14)7-4-2-1-3-5-7/h1-5,10H,6H2,(H,11,14)(H,12,13). The van der Waals surface area contributed by atoms with Gasteiger partial charge in [0, 0.05) is 5.56 Å². The first kappa shape index (κ1) is 10.2. The Hall–Kier alpha value is -1.88. The molecule has 14 heavy (non-hydrogen) atoms. The van der Waals surface area contributed by atoms with Crippen LogP contribution in [0.15, 0.2) is 30.3 Å². The van der Waals surface area contributed by atoms with Crippen molar-refractivity contribution in [3.63, 3.8) is 0 Å². The molecule has 0 bridgehead atoms. The van der Waals surface area contributed by atoms with Gasteiger partial charge in [0.15, 0.2) is 0 Å². The van der Waals surface area contributed by atoms with E-state index in [1.54, 1.807) is 30.3 Å². The number of carboxylic acids is 1. The third-order valence-corrected chi connectivity index (χ3v) is 1.48. The van der Waals surface area contributed by atoms with E-state index in [-0.39, 0.29) is 12.5 Å². The van der Waals surface area contributed by atoms with Crippen LogP contribution in [-0.2, 0) is 4.79 Å². The van der Waals surface area contributed by atoms with Crippen LogP contribution >= 0.6 is 0 Å². The fourth-order valence-electron chi connectivity index (χ4n) is 0.862. The van der Waals surface area contributed by atoms with E-state index in [4.69, 9.17) is 5.11 Å². The molecule has 0 saturated heterocycles. The van der Waals surface area contributed by atoms with Crippen LogP contribution in [0.5, 0.6) is 0 Å². The number of carbonyl (C=O) groups is 2. The number of hydrazine groups is 1. The van der Waals surface area contributed by atoms with Gasteiger partial charge in [0.25, 0.3) is 5.91 Å². The molecule has 0 unspecified atom stereocenters. The zero-order valence-corrected chi connectivity index (χ0v) is 7.36. The number of amides is 1. The number of benzene rings is 1. The maximum atomic E-state index is 11.3. The lowest BCUT2D eigenvalue weighted by atomic mass is 10.2. The van der Waals surface area contributed by atoms with Crippen molar-refractivity contribution in [3.8, 4) is 0 Å². The quantitative estimate of drug-likeness (QED) is 0.590. The molecule has 1 aromatic carbocycles. The van der Waals surface area contributed by atoms with E-state index in [0.29, 0.717) is 5.56 Å². The highest BCUT2D eigenvalue weighted by molar-refractivity contribution is 5.93. The first-order valence-electron chi connectivity index (χ1n) is 4.00. The Bertz CT molecular complexity index is 324. The van der Waals surface area contributed by atoms with Crippen molar-refractivity contribution in [1.82, 2.24) is 10.9 Å². The Morgan fingerprint density at radius 2 is 1.86 bits per heavy atom. The summed E-state index contributed by atoms with van der Waals surface area (Å²) in [5.41, 5.74) is 5.02. The minimum Gasteiger partial charge on any atom is -0.480 e. The second kappa shape index (κ2) is 4.98. The van der Waals surface area contributed by atoms with E-state index in [1.807, 2.05) is 0 Å². The van der Waals surface area contributed by atoms with E-state index in [9.17, 15) is 9.59 Å². The summed E-state index contributed by atoms with van der Waals surface area (Å²) in [5.74, 6) is -1.38. The van der Waals surface area contributed by atoms with Gasteiger partial charge in [-0.2, -0.15) is 0 Å². The molecular weight excluding hydrogens is 184 g/mol. The zero-order valence-electron chi connectivity index (χ0n) is 7.36. The molecule has 1 aromatic rings. The summed E-state index contributed by atoms with van der Waals surface area (Å²) in [6.07, 6.45) is 0. The van der Waals surface area contributed by atoms with E-state index < -0.39 is 5.97 Å². The maximum absolute atomic E-state index is 11.3. The van der Waals surface area contributed by atoms with Gasteiger partial charge in [-0.1, -0.05) is 18.2 Å². The molecule has 0 radical (unpaired) electrons. The fourth-order valence-corrected chi connectivity index (χ4v) is 0.862. The number of nitrogens with one attached hydrogen (secondary N) is 2. The van der Waals surface area contributed by atoms with Crippen molar-refractivity contribution in [3.05, 3.63) is 35.9 Å². The molecule has 0 fully saturated rings. The van der Waals surface area contributed by atoms with Gasteiger partial charge in [-0.05, 0) is 12.1 Å². The molecule has 1 amide bonds. The highest BCUT2D eigenvalue weighted by Crippen LogP contribution is 1.96. The predicted molar refractivity (Wildman–Crippen MR) is 49.5 cm³/mol. The van der Waals surface area contributed by atoms with Crippen molar-refractivity contribution >= 4 is 11.9 Å². The molecule has 74 valence electrons. The van der Waals surface area contributed by atoms with Gasteiger partial charge in [-0.3, -0.25) is 15.0 Å². The number of rotatable bonds is 4. The molecule has 0 saturated carbocycles. The number of carboxylic acid groups (broad SMARTS) is 1. The number of hydrogen-bond donors (Lipinski definition) is 3. The second-order valence-corrected chi connectivity index (χ2v) is 2.57. The Morgan fingerprint density at radius 3 is 2.43 bits per heavy atom. The van der Waals surface area contributed by atoms with Gasteiger partial charge in [0.05, 0.1) is 0 Å². The molecule has 0 aromatic heterocycles. The zero-order chi connectivity index (χ0) is 10.4. The van der Waals surface area contributed by atoms with E-state index in [0.717, 1.165) is 0 Å². The lowest BCUT2D eigenvalue weighted by Gasteiger charge is -2.03. The summed E-state index contributed by atoms with van der Waals surface area (Å²) in [7, 11) is 0.